The van der Waals surface area contributed by atoms with Gasteiger partial charge < -0.3 is 4.74 Å². The van der Waals surface area contributed by atoms with Gasteiger partial charge in [0.1, 0.15) is 6.61 Å². The Kier molecular flexibility index (Phi) is 1.24. The molecule has 3 aliphatic rings. The number of ether oxygens (including phenoxy) is 1. The van der Waals surface area contributed by atoms with E-state index in [1.54, 1.807) is 0 Å². The molecule has 1 aliphatic heterocycles. The Morgan fingerprint density at radius 3 is 2.83 bits per heavy atom. The first-order valence-corrected chi connectivity index (χ1v) is 4.92. The second kappa shape index (κ2) is 2.11. The molecule has 0 radical (unpaired) electrons. The van der Waals surface area contributed by atoms with Crippen LogP contribution in [-0.2, 0) is 9.53 Å². The molecule has 3 atom stereocenters. The fourth-order valence-corrected chi connectivity index (χ4v) is 3.51. The highest BCUT2D eigenvalue weighted by Crippen LogP contribution is 2.57. The molecule has 3 unspecified atom stereocenters. The molecule has 2 aliphatic carbocycles. The van der Waals surface area contributed by atoms with Gasteiger partial charge in [0.2, 0.25) is 0 Å². The van der Waals surface area contributed by atoms with Crippen molar-refractivity contribution in [2.75, 3.05) is 13.2 Å². The molecule has 0 aromatic carbocycles. The maximum absolute atomic E-state index is 11.7. The lowest BCUT2D eigenvalue weighted by atomic mass is 9.72. The van der Waals surface area contributed by atoms with E-state index in [0.717, 1.165) is 18.9 Å². The molecule has 3 fully saturated rings. The third kappa shape index (κ3) is 0.674. The quantitative estimate of drug-likeness (QED) is 0.543. The van der Waals surface area contributed by atoms with Gasteiger partial charge in [-0.1, -0.05) is 6.42 Å². The fraction of sp³-hybridized carbons (Fsp3) is 0.900. The first-order chi connectivity index (χ1) is 5.81. The lowest BCUT2D eigenvalue weighted by Crippen LogP contribution is -2.35. The molecule has 2 heteroatoms. The zero-order valence-corrected chi connectivity index (χ0v) is 7.21. The Balaban J connectivity index is 1.96. The zero-order chi connectivity index (χ0) is 8.18. The monoisotopic (exact) mass is 166 g/mol. The molecular formula is C10H14O2. The first-order valence-electron chi connectivity index (χ1n) is 4.92. The molecule has 0 N–H and O–H groups in total. The summed E-state index contributed by atoms with van der Waals surface area (Å²) in [5, 5.41) is 0. The molecule has 1 saturated heterocycles. The maximum Gasteiger partial charge on any atom is 0.167 e. The van der Waals surface area contributed by atoms with Gasteiger partial charge in [0.05, 0.1) is 12.0 Å². The van der Waals surface area contributed by atoms with E-state index in [1.807, 2.05) is 0 Å². The Hall–Kier alpha value is -0.370. The summed E-state index contributed by atoms with van der Waals surface area (Å²) in [5.74, 6) is 1.92. The van der Waals surface area contributed by atoms with E-state index in [2.05, 4.69) is 0 Å². The Bertz CT molecular complexity index is 236. The number of fused-ring (bicyclic) bond motifs is 3. The highest BCUT2D eigenvalue weighted by atomic mass is 16.5. The van der Waals surface area contributed by atoms with E-state index in [-0.39, 0.29) is 5.41 Å². The number of hydrogen-bond donors (Lipinski definition) is 0. The van der Waals surface area contributed by atoms with E-state index in [4.69, 9.17) is 4.74 Å². The van der Waals surface area contributed by atoms with Crippen molar-refractivity contribution in [2.45, 2.75) is 25.7 Å². The molecule has 0 aromatic heterocycles. The van der Waals surface area contributed by atoms with Crippen molar-refractivity contribution in [1.82, 2.24) is 0 Å². The van der Waals surface area contributed by atoms with Crippen LogP contribution in [0.2, 0.25) is 0 Å². The number of carbonyl (C=O) groups is 1. The van der Waals surface area contributed by atoms with Gasteiger partial charge in [-0.15, -0.1) is 0 Å². The predicted octanol–water partition coefficient (Wildman–Crippen LogP) is 1.39. The number of carbonyl (C=O) groups excluding carboxylic acids is 1. The Morgan fingerprint density at radius 2 is 2.33 bits per heavy atom. The predicted molar refractivity (Wildman–Crippen MR) is 43.7 cm³/mol. The molecule has 1 heterocycles. The fourth-order valence-electron chi connectivity index (χ4n) is 3.51. The third-order valence-corrected chi connectivity index (χ3v) is 4.12. The van der Waals surface area contributed by atoms with Crippen molar-refractivity contribution >= 4 is 5.78 Å². The summed E-state index contributed by atoms with van der Waals surface area (Å²) < 4.78 is 5.30. The summed E-state index contributed by atoms with van der Waals surface area (Å²) in [6, 6.07) is 0. The van der Waals surface area contributed by atoms with Crippen LogP contribution >= 0.6 is 0 Å². The van der Waals surface area contributed by atoms with Crippen molar-refractivity contribution in [3.8, 4) is 0 Å². The largest absolute Gasteiger partial charge is 0.373 e. The van der Waals surface area contributed by atoms with Crippen molar-refractivity contribution in [2.24, 2.45) is 17.3 Å². The van der Waals surface area contributed by atoms with Gasteiger partial charge in [0.25, 0.3) is 0 Å². The lowest BCUT2D eigenvalue weighted by Gasteiger charge is -2.29. The number of Topliss-reactive ketones (excluding diaryl/α,β-unsaturated/α-hetero) is 1. The van der Waals surface area contributed by atoms with Crippen LogP contribution in [0.1, 0.15) is 25.7 Å². The molecule has 12 heavy (non-hydrogen) atoms. The van der Waals surface area contributed by atoms with Crippen LogP contribution in [0.15, 0.2) is 0 Å². The SMILES string of the molecule is O=C1COCC12CC1CCC2C1. The van der Waals surface area contributed by atoms with Crippen molar-refractivity contribution in [3.05, 3.63) is 0 Å². The van der Waals surface area contributed by atoms with Crippen molar-refractivity contribution in [1.29, 1.82) is 0 Å². The van der Waals surface area contributed by atoms with Gasteiger partial charge in [-0.2, -0.15) is 0 Å². The summed E-state index contributed by atoms with van der Waals surface area (Å²) >= 11 is 0. The van der Waals surface area contributed by atoms with Gasteiger partial charge in [-0.05, 0) is 31.1 Å². The lowest BCUT2D eigenvalue weighted by molar-refractivity contribution is -0.126. The van der Waals surface area contributed by atoms with Crippen molar-refractivity contribution in [3.63, 3.8) is 0 Å². The highest BCUT2D eigenvalue weighted by molar-refractivity contribution is 5.88. The molecule has 0 aromatic rings. The second-order valence-electron chi connectivity index (χ2n) is 4.65. The normalized spacial score (nSPS) is 51.2. The summed E-state index contributed by atoms with van der Waals surface area (Å²) in [6.45, 7) is 1.12. The standard InChI is InChI=1S/C10H14O2/c11-9-5-12-6-10(9)4-7-1-2-8(10)3-7/h7-8H,1-6H2. The maximum atomic E-state index is 11.7. The Labute approximate surface area is 72.3 Å². The number of hydrogen-bond acceptors (Lipinski definition) is 2. The van der Waals surface area contributed by atoms with Crippen LogP contribution in [0.5, 0.6) is 0 Å². The zero-order valence-electron chi connectivity index (χ0n) is 7.21. The van der Waals surface area contributed by atoms with Crippen LogP contribution < -0.4 is 0 Å². The van der Waals surface area contributed by atoms with E-state index in [1.165, 1.54) is 19.3 Å². The van der Waals surface area contributed by atoms with Gasteiger partial charge in [0.15, 0.2) is 5.78 Å². The third-order valence-electron chi connectivity index (χ3n) is 4.12. The summed E-state index contributed by atoms with van der Waals surface area (Å²) in [6.07, 6.45) is 5.07. The van der Waals surface area contributed by atoms with Crippen LogP contribution in [0.4, 0.5) is 0 Å². The second-order valence-corrected chi connectivity index (χ2v) is 4.65. The van der Waals surface area contributed by atoms with Crippen LogP contribution in [0.3, 0.4) is 0 Å². The molecule has 1 spiro atoms. The minimum Gasteiger partial charge on any atom is -0.373 e. The van der Waals surface area contributed by atoms with Gasteiger partial charge >= 0.3 is 0 Å². The number of ketones is 1. The van der Waals surface area contributed by atoms with Crippen LogP contribution in [0, 0.1) is 17.3 Å². The van der Waals surface area contributed by atoms with E-state index in [9.17, 15) is 4.79 Å². The van der Waals surface area contributed by atoms with Gasteiger partial charge in [-0.3, -0.25) is 4.79 Å². The molecule has 0 amide bonds. The highest BCUT2D eigenvalue weighted by Gasteiger charge is 2.57. The minimum absolute atomic E-state index is 0.00289. The van der Waals surface area contributed by atoms with Crippen LogP contribution in [-0.4, -0.2) is 19.0 Å². The first kappa shape index (κ1) is 7.07. The molecule has 66 valence electrons. The average molecular weight is 166 g/mol. The average Bonchev–Trinajstić information content (AvgIpc) is 2.69. The summed E-state index contributed by atoms with van der Waals surface area (Å²) in [4.78, 5) is 11.7. The molecule has 2 nitrogen and oxygen atoms in total. The Morgan fingerprint density at radius 1 is 1.42 bits per heavy atom. The topological polar surface area (TPSA) is 26.3 Å². The number of rotatable bonds is 0. The minimum atomic E-state index is 0.00289. The molecule has 3 rings (SSSR count). The molecular weight excluding hydrogens is 152 g/mol. The van der Waals surface area contributed by atoms with Crippen molar-refractivity contribution < 1.29 is 9.53 Å². The van der Waals surface area contributed by atoms with E-state index >= 15 is 0 Å². The van der Waals surface area contributed by atoms with Crippen LogP contribution in [0.25, 0.3) is 0 Å². The smallest absolute Gasteiger partial charge is 0.167 e. The molecule has 2 bridgehead atoms. The van der Waals surface area contributed by atoms with E-state index in [0.29, 0.717) is 18.3 Å². The molecule has 2 saturated carbocycles. The summed E-state index contributed by atoms with van der Waals surface area (Å²) in [5.41, 5.74) is 0.00289. The van der Waals surface area contributed by atoms with Gasteiger partial charge in [0, 0.05) is 0 Å². The van der Waals surface area contributed by atoms with Gasteiger partial charge in [-0.25, -0.2) is 0 Å². The van der Waals surface area contributed by atoms with E-state index < -0.39 is 0 Å². The summed E-state index contributed by atoms with van der Waals surface area (Å²) in [7, 11) is 0.